The normalized spacial score (nSPS) is 10.1. The summed E-state index contributed by atoms with van der Waals surface area (Å²) in [6.45, 7) is 3.16. The van der Waals surface area contributed by atoms with Crippen molar-refractivity contribution >= 4 is 23.0 Å². The molecule has 0 fully saturated rings. The van der Waals surface area contributed by atoms with Crippen LogP contribution in [-0.4, -0.2) is 6.54 Å². The van der Waals surface area contributed by atoms with Gasteiger partial charge in [-0.25, -0.2) is 0 Å². The first-order valence-corrected chi connectivity index (χ1v) is 5.40. The Morgan fingerprint density at radius 1 is 1.36 bits per heavy atom. The van der Waals surface area contributed by atoms with Crippen molar-refractivity contribution in [1.29, 1.82) is 0 Å². The molecule has 0 heterocycles. The van der Waals surface area contributed by atoms with Gasteiger partial charge < -0.3 is 11.1 Å². The Kier molecular flexibility index (Phi) is 4.60. The summed E-state index contributed by atoms with van der Waals surface area (Å²) in [6, 6.07) is 5.54. The van der Waals surface area contributed by atoms with Crippen LogP contribution >= 0.6 is 11.6 Å². The van der Waals surface area contributed by atoms with Gasteiger partial charge >= 0.3 is 0 Å². The summed E-state index contributed by atoms with van der Waals surface area (Å²) in [4.78, 5) is 0. The van der Waals surface area contributed by atoms with E-state index in [9.17, 15) is 0 Å². The first-order valence-electron chi connectivity index (χ1n) is 5.03. The third-order valence-corrected chi connectivity index (χ3v) is 2.34. The van der Waals surface area contributed by atoms with E-state index in [4.69, 9.17) is 17.3 Å². The van der Waals surface area contributed by atoms with Crippen LogP contribution in [0.25, 0.3) is 0 Å². The molecule has 0 aliphatic carbocycles. The molecule has 1 aromatic rings. The third kappa shape index (κ3) is 3.46. The number of anilines is 2. The van der Waals surface area contributed by atoms with Crippen LogP contribution in [0.2, 0.25) is 5.02 Å². The molecule has 0 aromatic heterocycles. The van der Waals surface area contributed by atoms with Crippen molar-refractivity contribution in [2.75, 3.05) is 17.6 Å². The minimum absolute atomic E-state index is 0.682. The molecule has 1 rings (SSSR count). The highest BCUT2D eigenvalue weighted by molar-refractivity contribution is 6.31. The molecule has 14 heavy (non-hydrogen) atoms. The second-order valence-electron chi connectivity index (χ2n) is 3.37. The number of nitrogens with two attached hydrogens (primary N) is 1. The van der Waals surface area contributed by atoms with E-state index in [1.165, 1.54) is 19.3 Å². The Labute approximate surface area is 90.4 Å². The number of benzene rings is 1. The number of nitrogen functional groups attached to an aromatic ring is 1. The van der Waals surface area contributed by atoms with Crippen molar-refractivity contribution in [2.45, 2.75) is 26.2 Å². The molecule has 0 bridgehead atoms. The maximum atomic E-state index is 5.79. The Balaban J connectivity index is 2.42. The van der Waals surface area contributed by atoms with Crippen LogP contribution in [0.15, 0.2) is 18.2 Å². The molecule has 0 atom stereocenters. The molecule has 3 N–H and O–H groups in total. The summed E-state index contributed by atoms with van der Waals surface area (Å²) in [7, 11) is 0. The lowest BCUT2D eigenvalue weighted by Gasteiger charge is -2.08. The van der Waals surface area contributed by atoms with Gasteiger partial charge in [-0.3, -0.25) is 0 Å². The molecule has 0 radical (unpaired) electrons. The van der Waals surface area contributed by atoms with Crippen LogP contribution in [-0.2, 0) is 0 Å². The fourth-order valence-electron chi connectivity index (χ4n) is 1.29. The molecule has 0 spiro atoms. The van der Waals surface area contributed by atoms with Crippen molar-refractivity contribution in [1.82, 2.24) is 0 Å². The van der Waals surface area contributed by atoms with Gasteiger partial charge in [0.2, 0.25) is 0 Å². The van der Waals surface area contributed by atoms with Crippen molar-refractivity contribution < 1.29 is 0 Å². The second kappa shape index (κ2) is 5.76. The molecular weight excluding hydrogens is 196 g/mol. The highest BCUT2D eigenvalue weighted by atomic mass is 35.5. The highest BCUT2D eigenvalue weighted by Crippen LogP contribution is 2.22. The molecule has 0 unspecified atom stereocenters. The smallest absolute Gasteiger partial charge is 0.0574 e. The number of hydrogen-bond donors (Lipinski definition) is 2. The van der Waals surface area contributed by atoms with E-state index in [1.54, 1.807) is 6.07 Å². The monoisotopic (exact) mass is 212 g/mol. The van der Waals surface area contributed by atoms with E-state index in [1.807, 2.05) is 12.1 Å². The van der Waals surface area contributed by atoms with Gasteiger partial charge in [-0.15, -0.1) is 0 Å². The maximum absolute atomic E-state index is 5.79. The SMILES string of the molecule is CCCCCNc1ccc(Cl)cc1N. The number of halogens is 1. The summed E-state index contributed by atoms with van der Waals surface area (Å²) in [6.07, 6.45) is 3.66. The zero-order valence-electron chi connectivity index (χ0n) is 8.52. The average molecular weight is 213 g/mol. The predicted octanol–water partition coefficient (Wildman–Crippen LogP) is 3.52. The van der Waals surface area contributed by atoms with Gasteiger partial charge in [-0.05, 0) is 24.6 Å². The van der Waals surface area contributed by atoms with Crippen molar-refractivity contribution in [3.05, 3.63) is 23.2 Å². The molecule has 0 amide bonds. The van der Waals surface area contributed by atoms with Crippen LogP contribution in [0.4, 0.5) is 11.4 Å². The first kappa shape index (κ1) is 11.2. The first-order chi connectivity index (χ1) is 6.74. The fourth-order valence-corrected chi connectivity index (χ4v) is 1.47. The highest BCUT2D eigenvalue weighted by Gasteiger charge is 1.98. The van der Waals surface area contributed by atoms with E-state index >= 15 is 0 Å². The van der Waals surface area contributed by atoms with Gasteiger partial charge in [0.15, 0.2) is 0 Å². The molecule has 78 valence electrons. The lowest BCUT2D eigenvalue weighted by atomic mass is 10.2. The molecule has 2 nitrogen and oxygen atoms in total. The number of unbranched alkanes of at least 4 members (excludes halogenated alkanes) is 2. The Hall–Kier alpha value is -0.890. The maximum Gasteiger partial charge on any atom is 0.0574 e. The lowest BCUT2D eigenvalue weighted by Crippen LogP contribution is -2.03. The largest absolute Gasteiger partial charge is 0.397 e. The molecule has 1 aromatic carbocycles. The standard InChI is InChI=1S/C11H17ClN2/c1-2-3-4-7-14-11-6-5-9(12)8-10(11)13/h5-6,8,14H,2-4,7,13H2,1H3. The van der Waals surface area contributed by atoms with Gasteiger partial charge in [-0.1, -0.05) is 31.4 Å². The summed E-state index contributed by atoms with van der Waals surface area (Å²) in [5.74, 6) is 0. The van der Waals surface area contributed by atoms with Crippen LogP contribution in [0.5, 0.6) is 0 Å². The van der Waals surface area contributed by atoms with E-state index in [2.05, 4.69) is 12.2 Å². The van der Waals surface area contributed by atoms with Crippen molar-refractivity contribution in [3.8, 4) is 0 Å². The van der Waals surface area contributed by atoms with Crippen LogP contribution in [0.3, 0.4) is 0 Å². The average Bonchev–Trinajstić information content (AvgIpc) is 2.15. The number of nitrogens with one attached hydrogen (secondary N) is 1. The van der Waals surface area contributed by atoms with E-state index in [0.29, 0.717) is 10.7 Å². The van der Waals surface area contributed by atoms with E-state index in [-0.39, 0.29) is 0 Å². The van der Waals surface area contributed by atoms with Crippen molar-refractivity contribution in [3.63, 3.8) is 0 Å². The van der Waals surface area contributed by atoms with Crippen LogP contribution in [0.1, 0.15) is 26.2 Å². The number of rotatable bonds is 5. The molecule has 0 aliphatic rings. The lowest BCUT2D eigenvalue weighted by molar-refractivity contribution is 0.744. The zero-order chi connectivity index (χ0) is 10.4. The van der Waals surface area contributed by atoms with Gasteiger partial charge in [0.05, 0.1) is 11.4 Å². The van der Waals surface area contributed by atoms with Crippen LogP contribution < -0.4 is 11.1 Å². The molecular formula is C11H17ClN2. The molecule has 0 saturated heterocycles. The van der Waals surface area contributed by atoms with E-state index in [0.717, 1.165) is 12.2 Å². The quantitative estimate of drug-likeness (QED) is 0.579. The van der Waals surface area contributed by atoms with Gasteiger partial charge in [-0.2, -0.15) is 0 Å². The predicted molar refractivity (Wildman–Crippen MR) is 63.9 cm³/mol. The number of hydrogen-bond acceptors (Lipinski definition) is 2. The summed E-state index contributed by atoms with van der Waals surface area (Å²) in [5.41, 5.74) is 7.48. The molecule has 0 aliphatic heterocycles. The van der Waals surface area contributed by atoms with Gasteiger partial charge in [0.1, 0.15) is 0 Å². The minimum atomic E-state index is 0.682. The van der Waals surface area contributed by atoms with Crippen molar-refractivity contribution in [2.24, 2.45) is 0 Å². The fraction of sp³-hybridized carbons (Fsp3) is 0.455. The third-order valence-electron chi connectivity index (χ3n) is 2.11. The second-order valence-corrected chi connectivity index (χ2v) is 3.80. The summed E-state index contributed by atoms with van der Waals surface area (Å²) in [5, 5.41) is 3.97. The van der Waals surface area contributed by atoms with Crippen LogP contribution in [0, 0.1) is 0 Å². The Morgan fingerprint density at radius 3 is 2.79 bits per heavy atom. The zero-order valence-corrected chi connectivity index (χ0v) is 9.27. The Morgan fingerprint density at radius 2 is 2.14 bits per heavy atom. The van der Waals surface area contributed by atoms with Gasteiger partial charge in [0, 0.05) is 11.6 Å². The minimum Gasteiger partial charge on any atom is -0.397 e. The van der Waals surface area contributed by atoms with Gasteiger partial charge in [0.25, 0.3) is 0 Å². The molecule has 3 heteroatoms. The summed E-state index contributed by atoms with van der Waals surface area (Å²) < 4.78 is 0. The molecule has 0 saturated carbocycles. The van der Waals surface area contributed by atoms with E-state index < -0.39 is 0 Å². The Bertz CT molecular complexity index is 287. The summed E-state index contributed by atoms with van der Waals surface area (Å²) >= 11 is 5.79. The topological polar surface area (TPSA) is 38.0 Å².